The summed E-state index contributed by atoms with van der Waals surface area (Å²) >= 11 is 0. The maximum Gasteiger partial charge on any atom is 0.324 e. The van der Waals surface area contributed by atoms with E-state index in [0.29, 0.717) is 24.3 Å². The predicted molar refractivity (Wildman–Crippen MR) is 146 cm³/mol. The number of nitro groups is 6. The van der Waals surface area contributed by atoms with Crippen molar-refractivity contribution in [3.63, 3.8) is 0 Å². The van der Waals surface area contributed by atoms with E-state index < -0.39 is 75.2 Å². The molecule has 4 rings (SSSR count). The zero-order valence-electron chi connectivity index (χ0n) is 21.7. The second kappa shape index (κ2) is 14.4. The smallest absolute Gasteiger partial charge is 0.324 e. The molecule has 2 aromatic carbocycles. The Kier molecular flexibility index (Phi) is 10.8. The van der Waals surface area contributed by atoms with Gasteiger partial charge in [0.15, 0.2) is 5.43 Å². The van der Waals surface area contributed by atoms with Gasteiger partial charge in [-0.2, -0.15) is 0 Å². The highest BCUT2D eigenvalue weighted by molar-refractivity contribution is 5.65. The van der Waals surface area contributed by atoms with Crippen molar-refractivity contribution >= 4 is 34.1 Å². The van der Waals surface area contributed by atoms with Gasteiger partial charge in [0.25, 0.3) is 22.9 Å². The van der Waals surface area contributed by atoms with Gasteiger partial charge in [0.2, 0.25) is 0 Å². The number of aromatic nitrogens is 2. The van der Waals surface area contributed by atoms with Crippen LogP contribution in [0.3, 0.4) is 0 Å². The van der Waals surface area contributed by atoms with Gasteiger partial charge in [-0.15, -0.1) is 0 Å². The van der Waals surface area contributed by atoms with E-state index in [0.717, 1.165) is 5.69 Å². The molecule has 23 heteroatoms. The molecule has 0 atom stereocenters. The molecule has 45 heavy (non-hydrogen) atoms. The molecule has 4 aromatic rings. The molecule has 0 aliphatic heterocycles. The number of nitrogens with zero attached hydrogens (tertiary/aromatic N) is 8. The van der Waals surface area contributed by atoms with E-state index in [1.807, 2.05) is 16.7 Å². The zero-order valence-corrected chi connectivity index (χ0v) is 21.7. The molecule has 0 unspecified atom stereocenters. The van der Waals surface area contributed by atoms with E-state index in [-0.39, 0.29) is 5.43 Å². The van der Waals surface area contributed by atoms with Gasteiger partial charge in [-0.1, -0.05) is 0 Å². The summed E-state index contributed by atoms with van der Waals surface area (Å²) in [6.07, 6.45) is 6.90. The Morgan fingerprint density at radius 2 is 0.844 bits per heavy atom. The van der Waals surface area contributed by atoms with Crippen LogP contribution in [0.2, 0.25) is 0 Å². The van der Waals surface area contributed by atoms with E-state index >= 15 is 0 Å². The van der Waals surface area contributed by atoms with E-state index in [9.17, 15) is 65.5 Å². The van der Waals surface area contributed by atoms with Crippen molar-refractivity contribution in [3.8, 4) is 17.2 Å². The van der Waals surface area contributed by atoms with Gasteiger partial charge in [-0.25, -0.2) is 0 Å². The maximum absolute atomic E-state index is 10.8. The maximum atomic E-state index is 10.8. The van der Waals surface area contributed by atoms with Crippen molar-refractivity contribution in [3.05, 3.63) is 144 Å². The molecule has 2 heterocycles. The topological polar surface area (TPSA) is 334 Å². The van der Waals surface area contributed by atoms with E-state index in [1.54, 1.807) is 24.8 Å². The van der Waals surface area contributed by atoms with Gasteiger partial charge in [0, 0.05) is 42.6 Å². The summed E-state index contributed by atoms with van der Waals surface area (Å²) in [5, 5.41) is 80.4. The third-order valence-electron chi connectivity index (χ3n) is 5.08. The van der Waals surface area contributed by atoms with Crippen molar-refractivity contribution in [1.29, 1.82) is 0 Å². The van der Waals surface area contributed by atoms with Crippen molar-refractivity contribution in [2.45, 2.75) is 0 Å². The molecule has 0 aliphatic carbocycles. The highest BCUT2D eigenvalue weighted by Gasteiger charge is 2.31. The Hall–Kier alpha value is -7.46. The highest BCUT2D eigenvalue weighted by atomic mass is 16.7. The number of hydrogen-bond acceptors (Lipinski definition) is 16. The Bertz CT molecular complexity index is 1700. The number of rotatable bonds is 7. The van der Waals surface area contributed by atoms with Crippen LogP contribution in [0.5, 0.6) is 11.5 Å². The normalized spacial score (nSPS) is 9.78. The van der Waals surface area contributed by atoms with Crippen LogP contribution < -0.4 is 5.43 Å². The largest absolute Gasteiger partial charge is 0.497 e. The number of phenolic OH excluding ortho intramolecular Hbond substituents is 2. The molecule has 0 aliphatic rings. The van der Waals surface area contributed by atoms with Gasteiger partial charge in [-0.3, -0.25) is 70.5 Å². The Morgan fingerprint density at radius 3 is 1.11 bits per heavy atom. The fourth-order valence-corrected chi connectivity index (χ4v) is 3.05. The molecule has 0 amide bonds. The molecule has 0 saturated carbocycles. The molecule has 0 radical (unpaired) electrons. The summed E-state index contributed by atoms with van der Waals surface area (Å²) in [6, 6.07) is 8.60. The number of phenols is 2. The summed E-state index contributed by atoms with van der Waals surface area (Å²) in [5.41, 5.74) is -4.99. The monoisotopic (exact) mass is 630 g/mol. The minimum absolute atomic E-state index is 0.0188. The second-order valence-electron chi connectivity index (χ2n) is 7.85. The van der Waals surface area contributed by atoms with E-state index in [1.165, 1.54) is 12.1 Å². The minimum atomic E-state index is -1.21. The lowest BCUT2D eigenvalue weighted by Gasteiger charge is -2.03. The Morgan fingerprint density at radius 1 is 0.533 bits per heavy atom. The van der Waals surface area contributed by atoms with Crippen LogP contribution in [0.1, 0.15) is 0 Å². The average molecular weight is 630 g/mol. The van der Waals surface area contributed by atoms with Crippen LogP contribution in [0.25, 0.3) is 5.69 Å². The highest BCUT2D eigenvalue weighted by Crippen LogP contribution is 2.40. The lowest BCUT2D eigenvalue weighted by atomic mass is 10.2. The van der Waals surface area contributed by atoms with Crippen LogP contribution >= 0.6 is 0 Å². The number of benzene rings is 2. The third kappa shape index (κ3) is 8.76. The molecule has 0 bridgehead atoms. The van der Waals surface area contributed by atoms with Gasteiger partial charge in [-0.05, 0) is 12.1 Å². The molecule has 0 saturated heterocycles. The van der Waals surface area contributed by atoms with Crippen molar-refractivity contribution in [2.75, 3.05) is 0 Å². The average Bonchev–Trinajstić information content (AvgIpc) is 2.98. The van der Waals surface area contributed by atoms with Gasteiger partial charge in [0.05, 0.1) is 53.8 Å². The third-order valence-corrected chi connectivity index (χ3v) is 5.08. The molecule has 0 fully saturated rings. The molecule has 2 aromatic heterocycles. The SMILES string of the molecule is O=[N+]([O-])c1cc([N+](=O)[O-])c(O)c([N+](=O)[O-])c1.O=[N+]([O-])c1cc([N+](=O)[O-])c(O)c([N+](=O)[O-])c1.O=c1ccn(-c2ccncc2)cc1. The number of non-ortho nitro benzene ring substituents is 2. The summed E-state index contributed by atoms with van der Waals surface area (Å²) in [5.74, 6) is -2.42. The first-order valence-corrected chi connectivity index (χ1v) is 11.2. The summed E-state index contributed by atoms with van der Waals surface area (Å²) in [4.78, 5) is 70.3. The summed E-state index contributed by atoms with van der Waals surface area (Å²) in [6.45, 7) is 0. The fourth-order valence-electron chi connectivity index (χ4n) is 3.05. The van der Waals surface area contributed by atoms with Crippen LogP contribution in [-0.4, -0.2) is 49.3 Å². The summed E-state index contributed by atoms with van der Waals surface area (Å²) in [7, 11) is 0. The second-order valence-corrected chi connectivity index (χ2v) is 7.85. The Balaban J connectivity index is 0.000000236. The molecule has 23 nitrogen and oxygen atoms in total. The van der Waals surface area contributed by atoms with Crippen LogP contribution in [0.15, 0.2) is 78.1 Å². The van der Waals surface area contributed by atoms with E-state index in [2.05, 4.69) is 4.98 Å². The fraction of sp³-hybridized carbons (Fsp3) is 0. The van der Waals surface area contributed by atoms with E-state index in [4.69, 9.17) is 10.2 Å². The molecular weight excluding hydrogens is 616 g/mol. The van der Waals surface area contributed by atoms with Gasteiger partial charge in [0.1, 0.15) is 0 Å². The number of nitro benzene ring substituents is 6. The molecule has 2 N–H and O–H groups in total. The van der Waals surface area contributed by atoms with Crippen molar-refractivity contribution in [2.24, 2.45) is 0 Å². The number of hydrogen-bond donors (Lipinski definition) is 2. The number of pyridine rings is 2. The first kappa shape index (κ1) is 33.7. The predicted octanol–water partition coefficient (Wildman–Crippen LogP) is 3.47. The van der Waals surface area contributed by atoms with Gasteiger partial charge >= 0.3 is 22.7 Å². The molecule has 0 spiro atoms. The Labute approximate surface area is 245 Å². The van der Waals surface area contributed by atoms with Crippen LogP contribution in [-0.2, 0) is 0 Å². The number of aromatic hydroxyl groups is 2. The molecular formula is C22H14N8O15. The van der Waals surface area contributed by atoms with Crippen molar-refractivity contribution < 1.29 is 39.8 Å². The quantitative estimate of drug-likeness (QED) is 0.218. The van der Waals surface area contributed by atoms with Gasteiger partial charge < -0.3 is 14.8 Å². The zero-order chi connectivity index (χ0) is 34.0. The standard InChI is InChI=1S/C10H8N2O.2C6H3N3O7/c13-10-3-7-12(8-4-10)9-1-5-11-6-2-9;2*10-6-4(8(13)14)1-3(7(11)12)2-5(6)9(15)16/h1-8H;2*1-2,10H. The lowest BCUT2D eigenvalue weighted by molar-refractivity contribution is -0.404. The summed E-state index contributed by atoms with van der Waals surface area (Å²) < 4.78 is 1.86. The minimum Gasteiger partial charge on any atom is -0.497 e. The van der Waals surface area contributed by atoms with Crippen molar-refractivity contribution in [1.82, 2.24) is 9.55 Å². The lowest BCUT2D eigenvalue weighted by Crippen LogP contribution is -2.01. The van der Waals surface area contributed by atoms with Crippen LogP contribution in [0, 0.1) is 60.7 Å². The first-order chi connectivity index (χ1) is 21.0. The molecule has 232 valence electrons. The first-order valence-electron chi connectivity index (χ1n) is 11.2. The van der Waals surface area contributed by atoms with Crippen LogP contribution in [0.4, 0.5) is 34.1 Å².